The predicted octanol–water partition coefficient (Wildman–Crippen LogP) is 2.79. The van der Waals surface area contributed by atoms with E-state index in [1.807, 2.05) is 6.20 Å². The highest BCUT2D eigenvalue weighted by atomic mass is 16.5. The van der Waals surface area contributed by atoms with Crippen LogP contribution in [0.5, 0.6) is 5.75 Å². The molecule has 1 fully saturated rings. The summed E-state index contributed by atoms with van der Waals surface area (Å²) >= 11 is 0. The van der Waals surface area contributed by atoms with Crippen LogP contribution in [0.1, 0.15) is 38.3 Å². The van der Waals surface area contributed by atoms with Crippen molar-refractivity contribution in [1.82, 2.24) is 10.3 Å². The maximum absolute atomic E-state index is 5.25. The summed E-state index contributed by atoms with van der Waals surface area (Å²) in [6.07, 6.45) is 6.46. The average molecular weight is 234 g/mol. The highest BCUT2D eigenvalue weighted by Gasteiger charge is 2.33. The number of methoxy groups -OCH3 is 1. The van der Waals surface area contributed by atoms with Crippen LogP contribution >= 0.6 is 0 Å². The first kappa shape index (κ1) is 12.4. The molecule has 1 aromatic rings. The zero-order valence-electron chi connectivity index (χ0n) is 10.9. The van der Waals surface area contributed by atoms with Crippen molar-refractivity contribution in [2.24, 2.45) is 11.8 Å². The monoisotopic (exact) mass is 234 g/mol. The Morgan fingerprint density at radius 2 is 2.24 bits per heavy atom. The fraction of sp³-hybridized carbons (Fsp3) is 0.643. The van der Waals surface area contributed by atoms with E-state index in [-0.39, 0.29) is 0 Å². The average Bonchev–Trinajstić information content (AvgIpc) is 3.19. The number of rotatable bonds is 6. The van der Waals surface area contributed by atoms with E-state index in [1.165, 1.54) is 18.4 Å². The van der Waals surface area contributed by atoms with E-state index in [9.17, 15) is 0 Å². The minimum Gasteiger partial charge on any atom is -0.495 e. The zero-order chi connectivity index (χ0) is 12.3. The van der Waals surface area contributed by atoms with Crippen molar-refractivity contribution in [1.29, 1.82) is 0 Å². The van der Waals surface area contributed by atoms with Crippen LogP contribution in [-0.2, 0) is 0 Å². The van der Waals surface area contributed by atoms with Gasteiger partial charge in [-0.05, 0) is 42.9 Å². The molecular formula is C14H22N2O. The summed E-state index contributed by atoms with van der Waals surface area (Å²) in [6, 6.07) is 2.49. The summed E-state index contributed by atoms with van der Waals surface area (Å²) in [5.41, 5.74) is 1.24. The number of pyridine rings is 1. The molecule has 94 valence electrons. The summed E-state index contributed by atoms with van der Waals surface area (Å²) in [4.78, 5) is 4.26. The molecule has 17 heavy (non-hydrogen) atoms. The van der Waals surface area contributed by atoms with E-state index in [1.54, 1.807) is 13.3 Å². The highest BCUT2D eigenvalue weighted by Crippen LogP contribution is 2.42. The number of aromatic nitrogens is 1. The quantitative estimate of drug-likeness (QED) is 0.822. The van der Waals surface area contributed by atoms with Gasteiger partial charge in [0.05, 0.1) is 13.3 Å². The van der Waals surface area contributed by atoms with E-state index >= 15 is 0 Å². The van der Waals surface area contributed by atoms with Gasteiger partial charge in [0.15, 0.2) is 0 Å². The molecule has 0 aliphatic heterocycles. The number of ether oxygens (including phenoxy) is 1. The molecular weight excluding hydrogens is 212 g/mol. The Bertz CT molecular complexity index is 363. The van der Waals surface area contributed by atoms with Crippen LogP contribution in [0.15, 0.2) is 18.5 Å². The van der Waals surface area contributed by atoms with Crippen molar-refractivity contribution in [3.8, 4) is 5.75 Å². The molecule has 1 aromatic heterocycles. The second-order valence-electron chi connectivity index (χ2n) is 4.89. The van der Waals surface area contributed by atoms with Gasteiger partial charge in [-0.2, -0.15) is 0 Å². The number of hydrogen-bond acceptors (Lipinski definition) is 3. The van der Waals surface area contributed by atoms with Gasteiger partial charge in [0.1, 0.15) is 5.75 Å². The lowest BCUT2D eigenvalue weighted by atomic mass is 9.91. The molecule has 1 heterocycles. The van der Waals surface area contributed by atoms with Crippen molar-refractivity contribution in [2.75, 3.05) is 13.7 Å². The minimum atomic E-state index is 0.398. The van der Waals surface area contributed by atoms with Gasteiger partial charge in [-0.3, -0.25) is 4.98 Å². The third-order valence-corrected chi connectivity index (χ3v) is 3.64. The Hall–Kier alpha value is -1.09. The maximum Gasteiger partial charge on any atom is 0.137 e. The number of nitrogens with zero attached hydrogens (tertiary/aromatic N) is 1. The van der Waals surface area contributed by atoms with Crippen LogP contribution in [0.2, 0.25) is 0 Å². The fourth-order valence-electron chi connectivity index (χ4n) is 2.44. The lowest BCUT2D eigenvalue weighted by Gasteiger charge is -2.25. The van der Waals surface area contributed by atoms with E-state index < -0.39 is 0 Å². The second kappa shape index (κ2) is 5.50. The first-order chi connectivity index (χ1) is 8.26. The number of hydrogen-bond donors (Lipinski definition) is 1. The molecule has 1 saturated carbocycles. The Balaban J connectivity index is 2.17. The first-order valence-corrected chi connectivity index (χ1v) is 6.48. The van der Waals surface area contributed by atoms with E-state index in [2.05, 4.69) is 30.2 Å². The molecule has 1 aliphatic rings. The van der Waals surface area contributed by atoms with E-state index in [4.69, 9.17) is 4.74 Å². The molecule has 0 saturated heterocycles. The van der Waals surface area contributed by atoms with Crippen LogP contribution in [-0.4, -0.2) is 18.6 Å². The van der Waals surface area contributed by atoms with Gasteiger partial charge in [0, 0.05) is 12.2 Å². The van der Waals surface area contributed by atoms with Crippen molar-refractivity contribution in [2.45, 2.75) is 32.7 Å². The molecule has 0 aromatic carbocycles. The van der Waals surface area contributed by atoms with E-state index in [0.717, 1.165) is 18.2 Å². The molecule has 2 atom stereocenters. The Morgan fingerprint density at radius 3 is 2.82 bits per heavy atom. The minimum absolute atomic E-state index is 0.398. The molecule has 3 nitrogen and oxygen atoms in total. The first-order valence-electron chi connectivity index (χ1n) is 6.48. The van der Waals surface area contributed by atoms with Crippen LogP contribution in [0.25, 0.3) is 0 Å². The molecule has 0 radical (unpaired) electrons. The van der Waals surface area contributed by atoms with Crippen molar-refractivity contribution in [3.05, 3.63) is 24.0 Å². The third-order valence-electron chi connectivity index (χ3n) is 3.64. The number of nitrogens with one attached hydrogen (secondary N) is 1. The largest absolute Gasteiger partial charge is 0.495 e. The smallest absolute Gasteiger partial charge is 0.137 e. The van der Waals surface area contributed by atoms with Gasteiger partial charge < -0.3 is 10.1 Å². The van der Waals surface area contributed by atoms with Gasteiger partial charge in [0.25, 0.3) is 0 Å². The molecule has 1 N–H and O–H groups in total. The molecule has 2 unspecified atom stereocenters. The molecule has 3 heteroatoms. The van der Waals surface area contributed by atoms with Gasteiger partial charge in [0.2, 0.25) is 0 Å². The standard InChI is InChI=1S/C14H22N2O/c1-4-16-14(10(2)11-5-6-11)12-7-13(17-3)9-15-8-12/h7-11,14,16H,4-6H2,1-3H3. The fourth-order valence-corrected chi connectivity index (χ4v) is 2.44. The summed E-state index contributed by atoms with van der Waals surface area (Å²) in [5.74, 6) is 2.39. The second-order valence-corrected chi connectivity index (χ2v) is 4.89. The lowest BCUT2D eigenvalue weighted by molar-refractivity contribution is 0.351. The Kier molecular flexibility index (Phi) is 4.00. The van der Waals surface area contributed by atoms with Crippen LogP contribution in [0.3, 0.4) is 0 Å². The van der Waals surface area contributed by atoms with Crippen LogP contribution in [0, 0.1) is 11.8 Å². The van der Waals surface area contributed by atoms with Gasteiger partial charge >= 0.3 is 0 Å². The molecule has 0 bridgehead atoms. The Morgan fingerprint density at radius 1 is 1.47 bits per heavy atom. The molecule has 1 aliphatic carbocycles. The van der Waals surface area contributed by atoms with Crippen molar-refractivity contribution < 1.29 is 4.74 Å². The summed E-state index contributed by atoms with van der Waals surface area (Å²) < 4.78 is 5.25. The third kappa shape index (κ3) is 2.97. The highest BCUT2D eigenvalue weighted by molar-refractivity contribution is 5.26. The van der Waals surface area contributed by atoms with Gasteiger partial charge in [-0.25, -0.2) is 0 Å². The summed E-state index contributed by atoms with van der Waals surface area (Å²) in [5, 5.41) is 3.58. The topological polar surface area (TPSA) is 34.2 Å². The predicted molar refractivity (Wildman–Crippen MR) is 69.1 cm³/mol. The molecule has 0 amide bonds. The van der Waals surface area contributed by atoms with Crippen molar-refractivity contribution >= 4 is 0 Å². The SMILES string of the molecule is CCNC(c1cncc(OC)c1)C(C)C1CC1. The van der Waals surface area contributed by atoms with Crippen LogP contribution < -0.4 is 10.1 Å². The van der Waals surface area contributed by atoms with E-state index in [0.29, 0.717) is 12.0 Å². The Labute approximate surface area is 104 Å². The summed E-state index contributed by atoms with van der Waals surface area (Å²) in [7, 11) is 1.69. The van der Waals surface area contributed by atoms with Crippen molar-refractivity contribution in [3.63, 3.8) is 0 Å². The van der Waals surface area contributed by atoms with Gasteiger partial charge in [-0.1, -0.05) is 13.8 Å². The molecule has 0 spiro atoms. The molecule has 2 rings (SSSR count). The van der Waals surface area contributed by atoms with Gasteiger partial charge in [-0.15, -0.1) is 0 Å². The summed E-state index contributed by atoms with van der Waals surface area (Å²) in [6.45, 7) is 5.48. The normalized spacial score (nSPS) is 18.8. The maximum atomic E-state index is 5.25. The lowest BCUT2D eigenvalue weighted by Crippen LogP contribution is -2.28. The zero-order valence-corrected chi connectivity index (χ0v) is 10.9. The van der Waals surface area contributed by atoms with Crippen LogP contribution in [0.4, 0.5) is 0 Å².